The first-order valence-corrected chi connectivity index (χ1v) is 3.40. The highest BCUT2D eigenvalue weighted by molar-refractivity contribution is 5.91. The summed E-state index contributed by atoms with van der Waals surface area (Å²) in [6.07, 6.45) is 6.94. The number of nitrogens with one attached hydrogen (secondary N) is 1. The van der Waals surface area contributed by atoms with Crippen LogP contribution in [0.4, 0.5) is 0 Å². The van der Waals surface area contributed by atoms with E-state index in [4.69, 9.17) is 0 Å². The molecular formula is C8H11NO. The van der Waals surface area contributed by atoms with Gasteiger partial charge in [0.25, 0.3) is 0 Å². The SMILES string of the molecule is CNC=C1C=CC(=O)CC1. The normalized spacial score (nSPS) is 21.7. The lowest BCUT2D eigenvalue weighted by molar-refractivity contribution is -0.114. The maximum absolute atomic E-state index is 10.7. The quantitative estimate of drug-likeness (QED) is 0.584. The number of hydrogen-bond donors (Lipinski definition) is 1. The van der Waals surface area contributed by atoms with Crippen LogP contribution in [0.3, 0.4) is 0 Å². The predicted octanol–water partition coefficient (Wildman–Crippen LogP) is 1.01. The molecule has 0 aromatic heterocycles. The van der Waals surface area contributed by atoms with Crippen molar-refractivity contribution in [3.05, 3.63) is 23.9 Å². The van der Waals surface area contributed by atoms with Gasteiger partial charge in [-0.3, -0.25) is 4.79 Å². The van der Waals surface area contributed by atoms with Crippen LogP contribution < -0.4 is 5.32 Å². The first-order valence-electron chi connectivity index (χ1n) is 3.40. The maximum atomic E-state index is 10.7. The first kappa shape index (κ1) is 7.06. The molecule has 0 unspecified atom stereocenters. The van der Waals surface area contributed by atoms with E-state index in [1.807, 2.05) is 19.3 Å². The van der Waals surface area contributed by atoms with Crippen molar-refractivity contribution < 1.29 is 4.79 Å². The molecule has 2 heteroatoms. The zero-order valence-electron chi connectivity index (χ0n) is 6.05. The average molecular weight is 137 g/mol. The zero-order chi connectivity index (χ0) is 7.40. The van der Waals surface area contributed by atoms with Crippen LogP contribution >= 0.6 is 0 Å². The van der Waals surface area contributed by atoms with Gasteiger partial charge in [-0.05, 0) is 24.3 Å². The fourth-order valence-corrected chi connectivity index (χ4v) is 0.940. The fourth-order valence-electron chi connectivity index (χ4n) is 0.940. The summed E-state index contributed by atoms with van der Waals surface area (Å²) in [6, 6.07) is 0. The number of carbonyl (C=O) groups excluding carboxylic acids is 1. The van der Waals surface area contributed by atoms with Gasteiger partial charge in [0, 0.05) is 13.5 Å². The third kappa shape index (κ3) is 1.72. The van der Waals surface area contributed by atoms with Gasteiger partial charge in [-0.1, -0.05) is 6.08 Å². The molecule has 0 aromatic carbocycles. The average Bonchev–Trinajstić information content (AvgIpc) is 1.95. The van der Waals surface area contributed by atoms with E-state index in [1.54, 1.807) is 6.08 Å². The topological polar surface area (TPSA) is 29.1 Å². The van der Waals surface area contributed by atoms with Crippen molar-refractivity contribution in [1.29, 1.82) is 0 Å². The van der Waals surface area contributed by atoms with Crippen LogP contribution in [-0.2, 0) is 4.79 Å². The van der Waals surface area contributed by atoms with Gasteiger partial charge >= 0.3 is 0 Å². The molecule has 54 valence electrons. The van der Waals surface area contributed by atoms with E-state index in [0.29, 0.717) is 6.42 Å². The van der Waals surface area contributed by atoms with Gasteiger partial charge in [-0.15, -0.1) is 0 Å². The number of ketones is 1. The first-order chi connectivity index (χ1) is 4.83. The molecule has 0 heterocycles. The summed E-state index contributed by atoms with van der Waals surface area (Å²) < 4.78 is 0. The lowest BCUT2D eigenvalue weighted by atomic mass is 10.0. The van der Waals surface area contributed by atoms with Crippen molar-refractivity contribution in [1.82, 2.24) is 5.32 Å². The summed E-state index contributed by atoms with van der Waals surface area (Å²) in [6.45, 7) is 0. The minimum atomic E-state index is 0.230. The molecule has 0 saturated carbocycles. The molecule has 0 aromatic rings. The van der Waals surface area contributed by atoms with Gasteiger partial charge in [-0.2, -0.15) is 0 Å². The van der Waals surface area contributed by atoms with Crippen LogP contribution in [0.25, 0.3) is 0 Å². The third-order valence-corrected chi connectivity index (χ3v) is 1.47. The molecule has 0 saturated heterocycles. The molecule has 0 bridgehead atoms. The number of carbonyl (C=O) groups is 1. The zero-order valence-corrected chi connectivity index (χ0v) is 6.05. The molecule has 0 radical (unpaired) electrons. The van der Waals surface area contributed by atoms with Crippen LogP contribution in [0.2, 0.25) is 0 Å². The van der Waals surface area contributed by atoms with E-state index in [0.717, 1.165) is 6.42 Å². The van der Waals surface area contributed by atoms with Gasteiger partial charge < -0.3 is 5.32 Å². The van der Waals surface area contributed by atoms with Crippen LogP contribution in [0, 0.1) is 0 Å². The fraction of sp³-hybridized carbons (Fsp3) is 0.375. The lowest BCUT2D eigenvalue weighted by Gasteiger charge is -2.04. The Hall–Kier alpha value is -1.05. The Kier molecular flexibility index (Phi) is 2.26. The van der Waals surface area contributed by atoms with Crippen molar-refractivity contribution in [2.75, 3.05) is 7.05 Å². The molecular weight excluding hydrogens is 126 g/mol. The molecule has 0 fully saturated rings. The number of allylic oxidation sites excluding steroid dienone is 3. The van der Waals surface area contributed by atoms with Gasteiger partial charge in [0.05, 0.1) is 0 Å². The molecule has 10 heavy (non-hydrogen) atoms. The Labute approximate surface area is 60.6 Å². The highest BCUT2D eigenvalue weighted by Crippen LogP contribution is 2.11. The Bertz CT molecular complexity index is 191. The van der Waals surface area contributed by atoms with Crippen LogP contribution in [0.15, 0.2) is 23.9 Å². The molecule has 1 aliphatic carbocycles. The minimum Gasteiger partial charge on any atom is -0.394 e. The minimum absolute atomic E-state index is 0.230. The predicted molar refractivity (Wildman–Crippen MR) is 40.5 cm³/mol. The van der Waals surface area contributed by atoms with Gasteiger partial charge in [0.1, 0.15) is 0 Å². The van der Waals surface area contributed by atoms with E-state index in [2.05, 4.69) is 5.32 Å². The molecule has 2 nitrogen and oxygen atoms in total. The highest BCUT2D eigenvalue weighted by Gasteiger charge is 2.04. The monoisotopic (exact) mass is 137 g/mol. The van der Waals surface area contributed by atoms with E-state index in [9.17, 15) is 4.79 Å². The standard InChI is InChI=1S/C8H11NO/c1-9-6-7-2-4-8(10)5-3-7/h2,4,6,9H,3,5H2,1H3. The molecule has 1 N–H and O–H groups in total. The smallest absolute Gasteiger partial charge is 0.156 e. The van der Waals surface area contributed by atoms with Crippen LogP contribution in [0.5, 0.6) is 0 Å². The lowest BCUT2D eigenvalue weighted by Crippen LogP contribution is -2.02. The summed E-state index contributed by atoms with van der Waals surface area (Å²) in [5.74, 6) is 0.230. The van der Waals surface area contributed by atoms with Crippen molar-refractivity contribution in [3.8, 4) is 0 Å². The summed E-state index contributed by atoms with van der Waals surface area (Å²) in [4.78, 5) is 10.7. The number of rotatable bonds is 1. The summed E-state index contributed by atoms with van der Waals surface area (Å²) in [5.41, 5.74) is 1.20. The van der Waals surface area contributed by atoms with Crippen molar-refractivity contribution in [2.24, 2.45) is 0 Å². The maximum Gasteiger partial charge on any atom is 0.156 e. The molecule has 0 amide bonds. The van der Waals surface area contributed by atoms with Crippen molar-refractivity contribution >= 4 is 5.78 Å². The Balaban J connectivity index is 2.61. The second-order valence-corrected chi connectivity index (χ2v) is 2.31. The second kappa shape index (κ2) is 3.20. The van der Waals surface area contributed by atoms with E-state index >= 15 is 0 Å². The largest absolute Gasteiger partial charge is 0.394 e. The molecule has 0 aliphatic heterocycles. The Morgan fingerprint density at radius 1 is 1.50 bits per heavy atom. The van der Waals surface area contributed by atoms with Crippen molar-refractivity contribution in [2.45, 2.75) is 12.8 Å². The van der Waals surface area contributed by atoms with Crippen LogP contribution in [0.1, 0.15) is 12.8 Å². The Morgan fingerprint density at radius 3 is 2.80 bits per heavy atom. The van der Waals surface area contributed by atoms with E-state index < -0.39 is 0 Å². The summed E-state index contributed by atoms with van der Waals surface area (Å²) >= 11 is 0. The molecule has 1 rings (SSSR count). The summed E-state index contributed by atoms with van der Waals surface area (Å²) in [7, 11) is 1.86. The molecule has 0 atom stereocenters. The van der Waals surface area contributed by atoms with Gasteiger partial charge in [0.2, 0.25) is 0 Å². The molecule has 1 aliphatic rings. The van der Waals surface area contributed by atoms with Gasteiger partial charge in [0.15, 0.2) is 5.78 Å². The van der Waals surface area contributed by atoms with Crippen molar-refractivity contribution in [3.63, 3.8) is 0 Å². The molecule has 0 spiro atoms. The van der Waals surface area contributed by atoms with E-state index in [-0.39, 0.29) is 5.78 Å². The van der Waals surface area contributed by atoms with Crippen LogP contribution in [-0.4, -0.2) is 12.8 Å². The summed E-state index contributed by atoms with van der Waals surface area (Å²) in [5, 5.41) is 2.93. The number of hydrogen-bond acceptors (Lipinski definition) is 2. The highest BCUT2D eigenvalue weighted by atomic mass is 16.1. The third-order valence-electron chi connectivity index (χ3n) is 1.47. The van der Waals surface area contributed by atoms with Gasteiger partial charge in [-0.25, -0.2) is 0 Å². The second-order valence-electron chi connectivity index (χ2n) is 2.31. The Morgan fingerprint density at radius 2 is 2.30 bits per heavy atom. The van der Waals surface area contributed by atoms with E-state index in [1.165, 1.54) is 5.57 Å².